The zero-order chi connectivity index (χ0) is 11.2. The van der Waals surface area contributed by atoms with E-state index in [9.17, 15) is 0 Å². The van der Waals surface area contributed by atoms with Gasteiger partial charge in [0.2, 0.25) is 0 Å². The molecule has 0 spiro atoms. The third-order valence-corrected chi connectivity index (χ3v) is 4.56. The van der Waals surface area contributed by atoms with Crippen molar-refractivity contribution in [2.24, 2.45) is 17.7 Å². The molecule has 0 aromatic heterocycles. The molecule has 0 radical (unpaired) electrons. The Kier molecular flexibility index (Phi) is 2.52. The predicted molar refractivity (Wildman–Crippen MR) is 63.8 cm³/mol. The summed E-state index contributed by atoms with van der Waals surface area (Å²) in [7, 11) is 2.17. The summed E-state index contributed by atoms with van der Waals surface area (Å²) in [6.45, 7) is 8.59. The molecule has 2 fully saturated rings. The lowest BCUT2D eigenvalue weighted by Gasteiger charge is -2.40. The van der Waals surface area contributed by atoms with Crippen molar-refractivity contribution >= 4 is 0 Å². The first-order valence-corrected chi connectivity index (χ1v) is 5.96. The van der Waals surface area contributed by atoms with Crippen LogP contribution in [0.1, 0.15) is 26.7 Å². The van der Waals surface area contributed by atoms with Gasteiger partial charge < -0.3 is 0 Å². The fourth-order valence-electron chi connectivity index (χ4n) is 3.97. The third kappa shape index (κ3) is 1.39. The maximum Gasteiger partial charge on any atom is 0.135 e. The van der Waals surface area contributed by atoms with Gasteiger partial charge in [-0.25, -0.2) is 4.59 Å². The first kappa shape index (κ1) is 10.9. The van der Waals surface area contributed by atoms with Crippen molar-refractivity contribution in [3.8, 4) is 0 Å². The topological polar surface area (TPSA) is 26.0 Å². The van der Waals surface area contributed by atoms with Crippen molar-refractivity contribution < 1.29 is 4.59 Å². The van der Waals surface area contributed by atoms with E-state index in [-0.39, 0.29) is 0 Å². The van der Waals surface area contributed by atoms with E-state index in [0.717, 1.165) is 11.8 Å². The SMILES string of the molecule is C=C(/C=C/C)[C@@H]1C2CC[C@@H]([C@H]2C)[N+]1(C)N. The summed E-state index contributed by atoms with van der Waals surface area (Å²) in [6.07, 6.45) is 6.82. The van der Waals surface area contributed by atoms with Crippen molar-refractivity contribution in [2.45, 2.75) is 38.8 Å². The second-order valence-electron chi connectivity index (χ2n) is 5.41. The molecule has 0 amide bonds. The van der Waals surface area contributed by atoms with E-state index in [2.05, 4.69) is 32.7 Å². The normalized spacial score (nSPS) is 49.1. The Morgan fingerprint density at radius 1 is 1.47 bits per heavy atom. The van der Waals surface area contributed by atoms with Crippen LogP contribution in [0.3, 0.4) is 0 Å². The van der Waals surface area contributed by atoms with Crippen molar-refractivity contribution in [2.75, 3.05) is 7.05 Å². The number of fused-ring (bicyclic) bond motifs is 2. The minimum absolute atomic E-state index is 0.440. The van der Waals surface area contributed by atoms with Gasteiger partial charge in [0.1, 0.15) is 12.1 Å². The standard InChI is InChI=1S/C13H23N2/c1-5-6-9(2)13-11-7-8-12(10(11)3)15(13,4)14/h5-6,10-13H,2,7-8,14H2,1,3-4H3/q+1/b6-5+/t10-,11?,12-,13+,15?/m0/s1. The highest BCUT2D eigenvalue weighted by molar-refractivity contribution is 5.23. The zero-order valence-corrected chi connectivity index (χ0v) is 10.1. The minimum atomic E-state index is 0.440. The van der Waals surface area contributed by atoms with Crippen molar-refractivity contribution in [3.63, 3.8) is 0 Å². The lowest BCUT2D eigenvalue weighted by Crippen LogP contribution is -2.62. The number of nitrogens with zero attached hydrogens (tertiary/aromatic N) is 1. The van der Waals surface area contributed by atoms with Crippen LogP contribution < -0.4 is 5.84 Å². The summed E-state index contributed by atoms with van der Waals surface area (Å²) >= 11 is 0. The van der Waals surface area contributed by atoms with Crippen LogP contribution in [0.2, 0.25) is 0 Å². The van der Waals surface area contributed by atoms with E-state index in [4.69, 9.17) is 5.84 Å². The molecule has 15 heavy (non-hydrogen) atoms. The molecule has 0 aromatic carbocycles. The van der Waals surface area contributed by atoms with Crippen LogP contribution in [0.15, 0.2) is 24.3 Å². The summed E-state index contributed by atoms with van der Waals surface area (Å²) in [6, 6.07) is 1.08. The van der Waals surface area contributed by atoms with Crippen LogP contribution >= 0.6 is 0 Å². The number of nitrogens with two attached hydrogens (primary N) is 1. The fourth-order valence-corrected chi connectivity index (χ4v) is 3.97. The highest BCUT2D eigenvalue weighted by Crippen LogP contribution is 2.50. The number of likely N-dealkylation sites (tertiary alicyclic amines) is 1. The number of hydrogen-bond donors (Lipinski definition) is 1. The van der Waals surface area contributed by atoms with E-state index >= 15 is 0 Å². The number of piperidine rings is 1. The van der Waals surface area contributed by atoms with Gasteiger partial charge in [-0.2, -0.15) is 5.84 Å². The Bertz CT molecular complexity index is 304. The van der Waals surface area contributed by atoms with E-state index in [1.807, 2.05) is 6.92 Å². The molecular formula is C13H23N2+. The monoisotopic (exact) mass is 207 g/mol. The average molecular weight is 207 g/mol. The Labute approximate surface area is 93.0 Å². The summed E-state index contributed by atoms with van der Waals surface area (Å²) in [5, 5.41) is 0. The van der Waals surface area contributed by atoms with Gasteiger partial charge in [0.05, 0.1) is 7.05 Å². The number of hydrogen-bond acceptors (Lipinski definition) is 1. The third-order valence-electron chi connectivity index (χ3n) is 4.56. The van der Waals surface area contributed by atoms with Crippen molar-refractivity contribution in [1.29, 1.82) is 0 Å². The van der Waals surface area contributed by atoms with Gasteiger partial charge in [0, 0.05) is 23.8 Å². The molecule has 2 N–H and O–H groups in total. The molecule has 2 rings (SSSR count). The van der Waals surface area contributed by atoms with Crippen LogP contribution in [-0.4, -0.2) is 23.7 Å². The maximum atomic E-state index is 6.47. The first-order valence-electron chi connectivity index (χ1n) is 5.96. The van der Waals surface area contributed by atoms with Crippen LogP contribution in [0.4, 0.5) is 0 Å². The van der Waals surface area contributed by atoms with Crippen molar-refractivity contribution in [3.05, 3.63) is 24.3 Å². The van der Waals surface area contributed by atoms with Gasteiger partial charge in [-0.15, -0.1) is 0 Å². The number of rotatable bonds is 2. The molecule has 1 saturated carbocycles. The van der Waals surface area contributed by atoms with Gasteiger partial charge in [-0.1, -0.05) is 25.7 Å². The van der Waals surface area contributed by atoms with Crippen LogP contribution in [0.25, 0.3) is 0 Å². The van der Waals surface area contributed by atoms with Crippen LogP contribution in [0, 0.1) is 11.8 Å². The summed E-state index contributed by atoms with van der Waals surface area (Å²) < 4.78 is 0.662. The molecule has 2 nitrogen and oxygen atoms in total. The van der Waals surface area contributed by atoms with E-state index in [1.165, 1.54) is 18.4 Å². The van der Waals surface area contributed by atoms with Gasteiger partial charge in [-0.3, -0.25) is 0 Å². The number of likely N-dealkylation sites (N-methyl/N-ethyl adjacent to an activating group) is 1. The van der Waals surface area contributed by atoms with Gasteiger partial charge in [-0.05, 0) is 13.3 Å². The van der Waals surface area contributed by atoms with E-state index < -0.39 is 0 Å². The largest absolute Gasteiger partial charge is 0.242 e. The van der Waals surface area contributed by atoms with E-state index in [0.29, 0.717) is 16.7 Å². The van der Waals surface area contributed by atoms with Gasteiger partial charge in [0.25, 0.3) is 0 Å². The molecule has 1 heterocycles. The van der Waals surface area contributed by atoms with E-state index in [1.54, 1.807) is 0 Å². The number of allylic oxidation sites excluding steroid dienone is 1. The molecule has 1 aliphatic carbocycles. The molecule has 2 aliphatic rings. The Morgan fingerprint density at radius 2 is 2.13 bits per heavy atom. The quantitative estimate of drug-likeness (QED) is 0.419. The molecule has 1 saturated heterocycles. The molecule has 84 valence electrons. The predicted octanol–water partition coefficient (Wildman–Crippen LogP) is 2.24. The molecule has 2 bridgehead atoms. The Balaban J connectivity index is 2.29. The average Bonchev–Trinajstić information content (AvgIpc) is 2.56. The lowest BCUT2D eigenvalue weighted by atomic mass is 9.88. The lowest BCUT2D eigenvalue weighted by molar-refractivity contribution is -0.956. The summed E-state index contributed by atoms with van der Waals surface area (Å²) in [4.78, 5) is 0. The van der Waals surface area contributed by atoms with Crippen LogP contribution in [0.5, 0.6) is 0 Å². The smallest absolute Gasteiger partial charge is 0.135 e. The van der Waals surface area contributed by atoms with Gasteiger partial charge >= 0.3 is 0 Å². The van der Waals surface area contributed by atoms with Gasteiger partial charge in [0.15, 0.2) is 0 Å². The van der Waals surface area contributed by atoms with Crippen molar-refractivity contribution in [1.82, 2.24) is 0 Å². The Hall–Kier alpha value is -0.600. The zero-order valence-electron chi connectivity index (χ0n) is 10.1. The summed E-state index contributed by atoms with van der Waals surface area (Å²) in [5.74, 6) is 7.97. The second kappa shape index (κ2) is 3.46. The molecule has 0 aromatic rings. The maximum absolute atomic E-state index is 6.47. The highest BCUT2D eigenvalue weighted by Gasteiger charge is 2.60. The Morgan fingerprint density at radius 3 is 2.60 bits per heavy atom. The van der Waals surface area contributed by atoms with Crippen LogP contribution in [-0.2, 0) is 0 Å². The minimum Gasteiger partial charge on any atom is -0.242 e. The molecule has 2 unspecified atom stereocenters. The molecule has 5 atom stereocenters. The first-order chi connectivity index (χ1) is 7.00. The molecule has 1 aliphatic heterocycles. The number of quaternary nitrogens is 1. The highest BCUT2D eigenvalue weighted by atomic mass is 15.6. The second-order valence-corrected chi connectivity index (χ2v) is 5.41. The molecule has 2 heteroatoms. The summed E-state index contributed by atoms with van der Waals surface area (Å²) in [5.41, 5.74) is 1.21. The fraction of sp³-hybridized carbons (Fsp3) is 0.692. The molecular weight excluding hydrogens is 184 g/mol.